The van der Waals surface area contributed by atoms with Gasteiger partial charge >= 0.3 is 11.9 Å². The zero-order chi connectivity index (χ0) is 13.9. The molecule has 0 amide bonds. The topological polar surface area (TPSA) is 72.8 Å². The normalized spacial score (nSPS) is 23.9. The summed E-state index contributed by atoms with van der Waals surface area (Å²) >= 11 is 0. The van der Waals surface area contributed by atoms with E-state index >= 15 is 0 Å². The molecule has 1 aliphatic rings. The van der Waals surface area contributed by atoms with Crippen LogP contribution in [-0.4, -0.2) is 36.4 Å². The third kappa shape index (κ3) is 2.51. The summed E-state index contributed by atoms with van der Waals surface area (Å²) in [6.45, 7) is 7.35. The number of aliphatic hydroxyl groups excluding tert-OH is 1. The number of carbonyl (C=O) groups excluding carboxylic acids is 2. The standard InChI is InChI=1S/C13H22O5/c1-5-17-11(15)13(12(16)18-6-2)7-10(13)8(3)9(4)14/h8-10,14H,5-7H2,1-4H3/t8-,9+,10+/m0/s1. The van der Waals surface area contributed by atoms with Gasteiger partial charge in [0.2, 0.25) is 0 Å². The Kier molecular flexibility index (Phi) is 4.73. The van der Waals surface area contributed by atoms with Crippen molar-refractivity contribution in [2.75, 3.05) is 13.2 Å². The molecule has 0 aromatic heterocycles. The Morgan fingerprint density at radius 3 is 2.00 bits per heavy atom. The van der Waals surface area contributed by atoms with Gasteiger partial charge in [-0.25, -0.2) is 0 Å². The lowest BCUT2D eigenvalue weighted by Gasteiger charge is -2.19. The van der Waals surface area contributed by atoms with Gasteiger partial charge in [-0.1, -0.05) is 6.92 Å². The molecule has 0 aromatic carbocycles. The molecule has 0 spiro atoms. The minimum absolute atomic E-state index is 0.140. The largest absolute Gasteiger partial charge is 0.465 e. The first kappa shape index (κ1) is 15.0. The summed E-state index contributed by atoms with van der Waals surface area (Å²) in [5.74, 6) is -1.39. The molecule has 0 aliphatic heterocycles. The molecule has 0 saturated heterocycles. The SMILES string of the molecule is CCOC(=O)C1(C(=O)OCC)C[C@@H]1[C@@H](C)[C@@H](C)O. The Hall–Kier alpha value is -1.10. The van der Waals surface area contributed by atoms with E-state index in [1.54, 1.807) is 20.8 Å². The Morgan fingerprint density at radius 2 is 1.67 bits per heavy atom. The highest BCUT2D eigenvalue weighted by Gasteiger charge is 2.69. The maximum Gasteiger partial charge on any atom is 0.323 e. The number of rotatable bonds is 6. The van der Waals surface area contributed by atoms with Crippen molar-refractivity contribution in [3.63, 3.8) is 0 Å². The van der Waals surface area contributed by atoms with Gasteiger partial charge in [0.1, 0.15) is 0 Å². The number of esters is 2. The van der Waals surface area contributed by atoms with Crippen LogP contribution in [0.1, 0.15) is 34.1 Å². The average Bonchev–Trinajstić information content (AvgIpc) is 3.05. The van der Waals surface area contributed by atoms with E-state index in [1.807, 2.05) is 6.92 Å². The quantitative estimate of drug-likeness (QED) is 0.571. The summed E-state index contributed by atoms with van der Waals surface area (Å²) in [7, 11) is 0. The van der Waals surface area contributed by atoms with E-state index in [2.05, 4.69) is 0 Å². The van der Waals surface area contributed by atoms with E-state index in [1.165, 1.54) is 0 Å². The molecule has 0 heterocycles. The smallest absolute Gasteiger partial charge is 0.323 e. The maximum absolute atomic E-state index is 12.0. The number of hydrogen-bond donors (Lipinski definition) is 1. The van der Waals surface area contributed by atoms with Crippen LogP contribution in [0.4, 0.5) is 0 Å². The molecule has 1 fully saturated rings. The van der Waals surface area contributed by atoms with Crippen LogP contribution in [0, 0.1) is 17.3 Å². The summed E-state index contributed by atoms with van der Waals surface area (Å²) in [5, 5.41) is 9.58. The summed E-state index contributed by atoms with van der Waals surface area (Å²) < 4.78 is 9.95. The first-order valence-corrected chi connectivity index (χ1v) is 6.44. The van der Waals surface area contributed by atoms with Gasteiger partial charge in [0.15, 0.2) is 5.41 Å². The molecule has 0 aromatic rings. The highest BCUT2D eigenvalue weighted by Crippen LogP contribution is 2.58. The fraction of sp³-hybridized carbons (Fsp3) is 0.846. The van der Waals surface area contributed by atoms with Crippen LogP contribution in [0.2, 0.25) is 0 Å². The van der Waals surface area contributed by atoms with Crippen molar-refractivity contribution in [1.82, 2.24) is 0 Å². The Balaban J connectivity index is 2.87. The Morgan fingerprint density at radius 1 is 1.22 bits per heavy atom. The molecule has 104 valence electrons. The van der Waals surface area contributed by atoms with E-state index in [4.69, 9.17) is 9.47 Å². The predicted molar refractivity (Wildman–Crippen MR) is 64.7 cm³/mol. The molecule has 1 rings (SSSR count). The van der Waals surface area contributed by atoms with Crippen LogP contribution < -0.4 is 0 Å². The summed E-state index contributed by atoms with van der Waals surface area (Å²) in [4.78, 5) is 24.0. The molecule has 0 bridgehead atoms. The van der Waals surface area contributed by atoms with E-state index < -0.39 is 23.5 Å². The lowest BCUT2D eigenvalue weighted by atomic mass is 9.92. The lowest BCUT2D eigenvalue weighted by molar-refractivity contribution is -0.165. The number of aliphatic hydroxyl groups is 1. The second kappa shape index (κ2) is 5.69. The van der Waals surface area contributed by atoms with Crippen LogP contribution in [-0.2, 0) is 19.1 Å². The molecule has 5 nitrogen and oxygen atoms in total. The van der Waals surface area contributed by atoms with E-state index in [-0.39, 0.29) is 25.0 Å². The van der Waals surface area contributed by atoms with Gasteiger partial charge in [-0.2, -0.15) is 0 Å². The molecule has 1 aliphatic carbocycles. The van der Waals surface area contributed by atoms with Crippen LogP contribution in [0.3, 0.4) is 0 Å². The summed E-state index contributed by atoms with van der Waals surface area (Å²) in [6.07, 6.45) is -0.169. The van der Waals surface area contributed by atoms with E-state index in [9.17, 15) is 14.7 Å². The molecule has 0 unspecified atom stereocenters. The predicted octanol–water partition coefficient (Wildman–Crippen LogP) is 1.14. The minimum Gasteiger partial charge on any atom is -0.465 e. The molecule has 3 atom stereocenters. The molecular formula is C13H22O5. The molecule has 1 saturated carbocycles. The first-order valence-electron chi connectivity index (χ1n) is 6.44. The fourth-order valence-corrected chi connectivity index (χ4v) is 2.33. The fourth-order valence-electron chi connectivity index (χ4n) is 2.33. The van der Waals surface area contributed by atoms with Crippen molar-refractivity contribution in [1.29, 1.82) is 0 Å². The van der Waals surface area contributed by atoms with Crippen LogP contribution in [0.5, 0.6) is 0 Å². The van der Waals surface area contributed by atoms with Crippen LogP contribution >= 0.6 is 0 Å². The van der Waals surface area contributed by atoms with Gasteiger partial charge < -0.3 is 14.6 Å². The van der Waals surface area contributed by atoms with Gasteiger partial charge in [-0.15, -0.1) is 0 Å². The third-order valence-electron chi connectivity index (χ3n) is 3.69. The second-order valence-electron chi connectivity index (χ2n) is 4.82. The molecule has 5 heteroatoms. The molecular weight excluding hydrogens is 236 g/mol. The van der Waals surface area contributed by atoms with E-state index in [0.717, 1.165) is 0 Å². The van der Waals surface area contributed by atoms with Crippen molar-refractivity contribution >= 4 is 11.9 Å². The minimum atomic E-state index is -1.19. The zero-order valence-electron chi connectivity index (χ0n) is 11.4. The van der Waals surface area contributed by atoms with Crippen molar-refractivity contribution in [2.45, 2.75) is 40.2 Å². The van der Waals surface area contributed by atoms with Crippen molar-refractivity contribution < 1.29 is 24.2 Å². The number of ether oxygens (including phenoxy) is 2. The maximum atomic E-state index is 12.0. The first-order chi connectivity index (χ1) is 8.41. The summed E-state index contributed by atoms with van der Waals surface area (Å²) in [5.41, 5.74) is -1.19. The lowest BCUT2D eigenvalue weighted by Crippen LogP contribution is -2.34. The highest BCUT2D eigenvalue weighted by atomic mass is 16.6. The second-order valence-corrected chi connectivity index (χ2v) is 4.82. The third-order valence-corrected chi connectivity index (χ3v) is 3.69. The molecule has 18 heavy (non-hydrogen) atoms. The summed E-state index contributed by atoms with van der Waals surface area (Å²) in [6, 6.07) is 0. The van der Waals surface area contributed by atoms with E-state index in [0.29, 0.717) is 6.42 Å². The van der Waals surface area contributed by atoms with Crippen LogP contribution in [0.15, 0.2) is 0 Å². The Bertz CT molecular complexity index is 305. The monoisotopic (exact) mass is 258 g/mol. The van der Waals surface area contributed by atoms with Gasteiger partial charge in [0, 0.05) is 0 Å². The zero-order valence-corrected chi connectivity index (χ0v) is 11.4. The van der Waals surface area contributed by atoms with Crippen LogP contribution in [0.25, 0.3) is 0 Å². The van der Waals surface area contributed by atoms with Gasteiger partial charge in [0.25, 0.3) is 0 Å². The van der Waals surface area contributed by atoms with Gasteiger partial charge in [-0.05, 0) is 39.0 Å². The van der Waals surface area contributed by atoms with Gasteiger partial charge in [-0.3, -0.25) is 9.59 Å². The number of carbonyl (C=O) groups is 2. The molecule has 0 radical (unpaired) electrons. The highest BCUT2D eigenvalue weighted by molar-refractivity contribution is 6.03. The van der Waals surface area contributed by atoms with Gasteiger partial charge in [0.05, 0.1) is 19.3 Å². The Labute approximate surface area is 107 Å². The van der Waals surface area contributed by atoms with Crippen molar-refractivity contribution in [2.24, 2.45) is 17.3 Å². The van der Waals surface area contributed by atoms with Crippen molar-refractivity contribution in [3.05, 3.63) is 0 Å². The number of hydrogen-bond acceptors (Lipinski definition) is 5. The average molecular weight is 258 g/mol. The van der Waals surface area contributed by atoms with Crippen molar-refractivity contribution in [3.8, 4) is 0 Å². The molecule has 1 N–H and O–H groups in total.